The number of imide groups is 1. The minimum absolute atomic E-state index is 0.00333. The Bertz CT molecular complexity index is 1010. The van der Waals surface area contributed by atoms with Crippen molar-refractivity contribution in [3.05, 3.63) is 52.1 Å². The quantitative estimate of drug-likeness (QED) is 0.676. The maximum atomic E-state index is 12.6. The zero-order valence-corrected chi connectivity index (χ0v) is 17.5. The van der Waals surface area contributed by atoms with Crippen molar-refractivity contribution in [3.63, 3.8) is 0 Å². The molecule has 2 aliphatic rings. The van der Waals surface area contributed by atoms with Gasteiger partial charge in [0.25, 0.3) is 11.1 Å². The van der Waals surface area contributed by atoms with Crippen molar-refractivity contribution in [2.45, 2.75) is 18.9 Å². The van der Waals surface area contributed by atoms with Gasteiger partial charge in [0.2, 0.25) is 5.91 Å². The number of rotatable bonds is 6. The first kappa shape index (κ1) is 20.7. The molecule has 7 nitrogen and oxygen atoms in total. The summed E-state index contributed by atoms with van der Waals surface area (Å²) in [6.45, 7) is 0.754. The van der Waals surface area contributed by atoms with E-state index < -0.39 is 17.1 Å². The molecule has 9 heteroatoms. The summed E-state index contributed by atoms with van der Waals surface area (Å²) in [4.78, 5) is 38.1. The maximum Gasteiger partial charge on any atom is 0.294 e. The summed E-state index contributed by atoms with van der Waals surface area (Å²) in [5.41, 5.74) is 0.804. The normalized spacial score (nSPS) is 20.4. The maximum absolute atomic E-state index is 12.6. The number of benzene rings is 1. The minimum Gasteiger partial charge on any atom is -0.457 e. The average molecular weight is 447 g/mol. The second-order valence-electron chi connectivity index (χ2n) is 6.92. The van der Waals surface area contributed by atoms with Gasteiger partial charge < -0.3 is 14.5 Å². The van der Waals surface area contributed by atoms with E-state index in [2.05, 4.69) is 5.32 Å². The summed E-state index contributed by atoms with van der Waals surface area (Å²) in [6, 6.07) is 10.7. The molecule has 1 atom stereocenters. The molecule has 0 unspecified atom stereocenters. The SMILES string of the molecule is O=C(CN1C(=O)S/C(=C\c2ccc(-c3cccc(Cl)c3)o2)C1=O)NC[C@H]1CCCO1. The lowest BCUT2D eigenvalue weighted by atomic mass is 10.2. The molecule has 1 N–H and O–H groups in total. The second kappa shape index (κ2) is 9.07. The van der Waals surface area contributed by atoms with E-state index in [4.69, 9.17) is 20.8 Å². The number of amides is 3. The minimum atomic E-state index is -0.516. The van der Waals surface area contributed by atoms with Gasteiger partial charge in [-0.05, 0) is 48.9 Å². The molecule has 3 heterocycles. The molecular weight excluding hydrogens is 428 g/mol. The number of ether oxygens (including phenoxy) is 1. The predicted molar refractivity (Wildman–Crippen MR) is 114 cm³/mol. The molecule has 2 fully saturated rings. The van der Waals surface area contributed by atoms with Crippen molar-refractivity contribution in [2.75, 3.05) is 19.7 Å². The highest BCUT2D eigenvalue weighted by Crippen LogP contribution is 2.33. The van der Waals surface area contributed by atoms with E-state index in [0.717, 1.165) is 35.1 Å². The van der Waals surface area contributed by atoms with Crippen LogP contribution in [0.3, 0.4) is 0 Å². The molecule has 0 aliphatic carbocycles. The van der Waals surface area contributed by atoms with Gasteiger partial charge in [0, 0.05) is 29.8 Å². The summed E-state index contributed by atoms with van der Waals surface area (Å²) in [5, 5.41) is 2.82. The fourth-order valence-electron chi connectivity index (χ4n) is 3.23. The molecule has 2 aromatic rings. The van der Waals surface area contributed by atoms with Crippen LogP contribution in [0.15, 0.2) is 45.7 Å². The number of nitrogens with one attached hydrogen (secondary N) is 1. The van der Waals surface area contributed by atoms with E-state index in [9.17, 15) is 14.4 Å². The number of nitrogens with zero attached hydrogens (tertiary/aromatic N) is 1. The average Bonchev–Trinajstić information content (AvgIpc) is 3.45. The zero-order valence-electron chi connectivity index (χ0n) is 15.9. The number of hydrogen-bond donors (Lipinski definition) is 1. The molecule has 2 saturated heterocycles. The Kier molecular flexibility index (Phi) is 6.26. The van der Waals surface area contributed by atoms with Gasteiger partial charge in [0.1, 0.15) is 18.1 Å². The third-order valence-electron chi connectivity index (χ3n) is 4.74. The van der Waals surface area contributed by atoms with Crippen LogP contribution in [0.2, 0.25) is 5.02 Å². The molecule has 1 aromatic heterocycles. The van der Waals surface area contributed by atoms with Gasteiger partial charge in [-0.1, -0.05) is 23.7 Å². The Balaban J connectivity index is 1.39. The lowest BCUT2D eigenvalue weighted by Crippen LogP contribution is -2.41. The third kappa shape index (κ3) is 4.77. The highest BCUT2D eigenvalue weighted by atomic mass is 35.5. The smallest absolute Gasteiger partial charge is 0.294 e. The Hall–Kier alpha value is -2.55. The summed E-state index contributed by atoms with van der Waals surface area (Å²) in [7, 11) is 0. The molecule has 0 radical (unpaired) electrons. The van der Waals surface area contributed by atoms with E-state index in [0.29, 0.717) is 29.7 Å². The number of carbonyl (C=O) groups excluding carboxylic acids is 3. The van der Waals surface area contributed by atoms with Crippen LogP contribution in [-0.4, -0.2) is 47.8 Å². The van der Waals surface area contributed by atoms with Crippen LogP contribution < -0.4 is 5.32 Å². The van der Waals surface area contributed by atoms with Crippen molar-refractivity contribution in [2.24, 2.45) is 0 Å². The van der Waals surface area contributed by atoms with Gasteiger partial charge in [-0.3, -0.25) is 19.3 Å². The van der Waals surface area contributed by atoms with E-state index in [1.807, 2.05) is 12.1 Å². The Morgan fingerprint density at radius 1 is 1.30 bits per heavy atom. The number of halogens is 1. The lowest BCUT2D eigenvalue weighted by molar-refractivity contribution is -0.129. The molecule has 30 heavy (non-hydrogen) atoms. The zero-order chi connectivity index (χ0) is 21.1. The van der Waals surface area contributed by atoms with Crippen molar-refractivity contribution < 1.29 is 23.5 Å². The first-order chi connectivity index (χ1) is 14.5. The van der Waals surface area contributed by atoms with Crippen LogP contribution in [0, 0.1) is 0 Å². The number of furan rings is 1. The van der Waals surface area contributed by atoms with Crippen molar-refractivity contribution in [1.82, 2.24) is 10.2 Å². The molecule has 0 bridgehead atoms. The molecule has 4 rings (SSSR count). The predicted octanol–water partition coefficient (Wildman–Crippen LogP) is 3.93. The molecular formula is C21H19ClN2O5S. The molecule has 2 aliphatic heterocycles. The lowest BCUT2D eigenvalue weighted by Gasteiger charge is -2.14. The Morgan fingerprint density at radius 2 is 2.17 bits per heavy atom. The van der Waals surface area contributed by atoms with E-state index in [-0.39, 0.29) is 17.6 Å². The fourth-order valence-corrected chi connectivity index (χ4v) is 4.23. The van der Waals surface area contributed by atoms with Crippen LogP contribution in [-0.2, 0) is 14.3 Å². The molecule has 156 valence electrons. The van der Waals surface area contributed by atoms with Crippen molar-refractivity contribution in [1.29, 1.82) is 0 Å². The first-order valence-electron chi connectivity index (χ1n) is 9.49. The van der Waals surface area contributed by atoms with Gasteiger partial charge in [-0.2, -0.15) is 0 Å². The van der Waals surface area contributed by atoms with Gasteiger partial charge in [-0.25, -0.2) is 0 Å². The third-order valence-corrected chi connectivity index (χ3v) is 5.88. The Morgan fingerprint density at radius 3 is 2.93 bits per heavy atom. The Labute approximate surface area is 182 Å². The van der Waals surface area contributed by atoms with Crippen LogP contribution in [0.25, 0.3) is 17.4 Å². The van der Waals surface area contributed by atoms with E-state index >= 15 is 0 Å². The summed E-state index contributed by atoms with van der Waals surface area (Å²) >= 11 is 6.79. The summed E-state index contributed by atoms with van der Waals surface area (Å²) < 4.78 is 11.2. The molecule has 1 aromatic carbocycles. The topological polar surface area (TPSA) is 88.9 Å². The van der Waals surface area contributed by atoms with Crippen LogP contribution in [0.5, 0.6) is 0 Å². The number of carbonyl (C=O) groups is 3. The highest BCUT2D eigenvalue weighted by Gasteiger charge is 2.36. The van der Waals surface area contributed by atoms with Crippen molar-refractivity contribution >= 4 is 46.5 Å². The second-order valence-corrected chi connectivity index (χ2v) is 8.35. The van der Waals surface area contributed by atoms with Crippen LogP contribution in [0.1, 0.15) is 18.6 Å². The van der Waals surface area contributed by atoms with Gasteiger partial charge >= 0.3 is 0 Å². The summed E-state index contributed by atoms with van der Waals surface area (Å²) in [6.07, 6.45) is 3.37. The van der Waals surface area contributed by atoms with Crippen LogP contribution >= 0.6 is 23.4 Å². The van der Waals surface area contributed by atoms with E-state index in [1.54, 1.807) is 24.3 Å². The number of hydrogen-bond acceptors (Lipinski definition) is 6. The van der Waals surface area contributed by atoms with Crippen LogP contribution in [0.4, 0.5) is 4.79 Å². The monoisotopic (exact) mass is 446 g/mol. The summed E-state index contributed by atoms with van der Waals surface area (Å²) in [5.74, 6) is 0.114. The molecule has 0 saturated carbocycles. The van der Waals surface area contributed by atoms with Gasteiger partial charge in [0.15, 0.2) is 0 Å². The standard InChI is InChI=1S/C21H19ClN2O5S/c22-14-4-1-3-13(9-14)17-7-6-15(29-17)10-18-20(26)24(21(27)30-18)12-19(25)23-11-16-5-2-8-28-16/h1,3-4,6-7,9-10,16H,2,5,8,11-12H2,(H,23,25)/b18-10-/t16-/m1/s1. The molecule has 0 spiro atoms. The number of thioether (sulfide) groups is 1. The first-order valence-corrected chi connectivity index (χ1v) is 10.7. The fraction of sp³-hybridized carbons (Fsp3) is 0.286. The highest BCUT2D eigenvalue weighted by molar-refractivity contribution is 8.18. The largest absolute Gasteiger partial charge is 0.457 e. The molecule has 3 amide bonds. The van der Waals surface area contributed by atoms with E-state index in [1.165, 1.54) is 6.08 Å². The van der Waals surface area contributed by atoms with Gasteiger partial charge in [-0.15, -0.1) is 0 Å². The van der Waals surface area contributed by atoms with Gasteiger partial charge in [0.05, 0.1) is 11.0 Å². The van der Waals surface area contributed by atoms with Crippen molar-refractivity contribution in [3.8, 4) is 11.3 Å².